The topological polar surface area (TPSA) is 94.3 Å². The van der Waals surface area contributed by atoms with Gasteiger partial charge >= 0.3 is 0 Å². The molecule has 0 amide bonds. The molecule has 1 aromatic carbocycles. The van der Waals surface area contributed by atoms with Crippen LogP contribution in [0, 0.1) is 33.8 Å². The Bertz CT molecular complexity index is 775. The molecule has 0 aliphatic heterocycles. The largest absolute Gasteiger partial charge is 0.298 e. The lowest BCUT2D eigenvalue weighted by atomic mass is 9.60. The van der Waals surface area contributed by atoms with Gasteiger partial charge in [0, 0.05) is 22.9 Å². The average molecular weight is 364 g/mol. The van der Waals surface area contributed by atoms with Gasteiger partial charge in [0.1, 0.15) is 5.92 Å². The molecule has 132 valence electrons. The maximum absolute atomic E-state index is 12.9. The zero-order valence-corrected chi connectivity index (χ0v) is 14.5. The van der Waals surface area contributed by atoms with E-state index in [1.165, 1.54) is 12.1 Å². The highest BCUT2D eigenvalue weighted by Gasteiger charge is 2.51. The summed E-state index contributed by atoms with van der Waals surface area (Å²) in [6.45, 7) is 1.76. The first kappa shape index (κ1) is 17.7. The van der Waals surface area contributed by atoms with Gasteiger partial charge in [0.05, 0.1) is 10.5 Å². The van der Waals surface area contributed by atoms with Gasteiger partial charge < -0.3 is 0 Å². The Labute approximate surface area is 149 Å². The number of nitrogens with zero attached hydrogens (tertiary/aromatic N) is 1. The van der Waals surface area contributed by atoms with Gasteiger partial charge in [0.15, 0.2) is 17.3 Å². The van der Waals surface area contributed by atoms with E-state index in [9.17, 15) is 24.5 Å². The van der Waals surface area contributed by atoms with E-state index in [2.05, 4.69) is 0 Å². The summed E-state index contributed by atoms with van der Waals surface area (Å²) in [5.41, 5.74) is -0.709. The van der Waals surface area contributed by atoms with Gasteiger partial charge in [-0.2, -0.15) is 0 Å². The standard InChI is InChI=1S/C18H18ClNO5/c1-9-11-4-2-3-5-12(11)17(22)15(16(9)21)18(23)13-7-6-10(19)8-14(13)20(24)25/h6-9,11-12,15H,2-5H2,1H3. The van der Waals surface area contributed by atoms with Crippen molar-refractivity contribution in [1.82, 2.24) is 0 Å². The SMILES string of the molecule is CC1C(=O)C(C(=O)c2ccc(Cl)cc2[N+](=O)[O-])C(=O)C2CCCCC12. The van der Waals surface area contributed by atoms with Gasteiger partial charge in [-0.1, -0.05) is 31.4 Å². The summed E-state index contributed by atoms with van der Waals surface area (Å²) in [6, 6.07) is 3.65. The third-order valence-corrected chi connectivity index (χ3v) is 5.76. The quantitative estimate of drug-likeness (QED) is 0.353. The van der Waals surface area contributed by atoms with Crippen molar-refractivity contribution in [1.29, 1.82) is 0 Å². The number of Topliss-reactive ketones (excluding diaryl/α,β-unsaturated/α-hetero) is 3. The number of hydrogen-bond acceptors (Lipinski definition) is 5. The lowest BCUT2D eigenvalue weighted by molar-refractivity contribution is -0.385. The van der Waals surface area contributed by atoms with Crippen LogP contribution in [0.25, 0.3) is 0 Å². The van der Waals surface area contributed by atoms with Crippen molar-refractivity contribution < 1.29 is 19.3 Å². The molecule has 2 aliphatic rings. The number of halogens is 1. The molecule has 0 bridgehead atoms. The number of carbonyl (C=O) groups is 3. The molecule has 0 aromatic heterocycles. The highest BCUT2D eigenvalue weighted by atomic mass is 35.5. The number of rotatable bonds is 3. The minimum absolute atomic E-state index is 0.0157. The number of ketones is 3. The fourth-order valence-electron chi connectivity index (χ4n) is 4.22. The van der Waals surface area contributed by atoms with E-state index in [-0.39, 0.29) is 34.1 Å². The van der Waals surface area contributed by atoms with E-state index in [4.69, 9.17) is 11.6 Å². The molecule has 25 heavy (non-hydrogen) atoms. The van der Waals surface area contributed by atoms with E-state index in [1.54, 1.807) is 6.92 Å². The van der Waals surface area contributed by atoms with Crippen molar-refractivity contribution in [3.05, 3.63) is 38.9 Å². The summed E-state index contributed by atoms with van der Waals surface area (Å²) in [7, 11) is 0. The van der Waals surface area contributed by atoms with E-state index in [0.29, 0.717) is 6.42 Å². The Balaban J connectivity index is 2.00. The van der Waals surface area contributed by atoms with E-state index in [0.717, 1.165) is 25.3 Å². The molecule has 0 saturated heterocycles. The third-order valence-electron chi connectivity index (χ3n) is 5.53. The summed E-state index contributed by atoms with van der Waals surface area (Å²) in [5.74, 6) is -3.71. The Morgan fingerprint density at radius 3 is 2.56 bits per heavy atom. The molecule has 1 aromatic rings. The molecule has 4 unspecified atom stereocenters. The first-order chi connectivity index (χ1) is 11.8. The molecule has 0 heterocycles. The van der Waals surface area contributed by atoms with Gasteiger partial charge in [-0.15, -0.1) is 0 Å². The zero-order valence-electron chi connectivity index (χ0n) is 13.7. The Kier molecular flexibility index (Phi) is 4.73. The maximum Gasteiger partial charge on any atom is 0.281 e. The van der Waals surface area contributed by atoms with Crippen molar-refractivity contribution in [2.75, 3.05) is 0 Å². The lowest BCUT2D eigenvalue weighted by Gasteiger charge is -2.40. The summed E-state index contributed by atoms with van der Waals surface area (Å²) >= 11 is 5.77. The molecule has 3 rings (SSSR count). The van der Waals surface area contributed by atoms with Crippen molar-refractivity contribution in [3.63, 3.8) is 0 Å². The summed E-state index contributed by atoms with van der Waals surface area (Å²) in [5, 5.41) is 11.4. The van der Waals surface area contributed by atoms with Crippen LogP contribution in [0.15, 0.2) is 18.2 Å². The predicted octanol–water partition coefficient (Wildman–Crippen LogP) is 3.64. The molecule has 4 atom stereocenters. The van der Waals surface area contributed by atoms with Gasteiger partial charge in [0.2, 0.25) is 0 Å². The molecular weight excluding hydrogens is 346 g/mol. The van der Waals surface area contributed by atoms with Crippen molar-refractivity contribution in [2.24, 2.45) is 23.7 Å². The molecule has 6 nitrogen and oxygen atoms in total. The second kappa shape index (κ2) is 6.67. The molecule has 0 N–H and O–H groups in total. The normalized spacial score (nSPS) is 29.2. The van der Waals surface area contributed by atoms with Gasteiger partial charge in [-0.3, -0.25) is 24.5 Å². The van der Waals surface area contributed by atoms with Gasteiger partial charge in [-0.05, 0) is 30.9 Å². The second-order valence-corrected chi connectivity index (χ2v) is 7.30. The van der Waals surface area contributed by atoms with Crippen LogP contribution in [0.2, 0.25) is 5.02 Å². The monoisotopic (exact) mass is 363 g/mol. The van der Waals surface area contributed by atoms with Crippen LogP contribution >= 0.6 is 11.6 Å². The first-order valence-electron chi connectivity index (χ1n) is 8.38. The minimum atomic E-state index is -1.44. The lowest BCUT2D eigenvalue weighted by Crippen LogP contribution is -2.50. The van der Waals surface area contributed by atoms with E-state index >= 15 is 0 Å². The molecule has 2 aliphatic carbocycles. The Morgan fingerprint density at radius 1 is 1.20 bits per heavy atom. The second-order valence-electron chi connectivity index (χ2n) is 6.86. The average Bonchev–Trinajstić information content (AvgIpc) is 2.59. The molecule has 0 radical (unpaired) electrons. The molecule has 2 fully saturated rings. The van der Waals surface area contributed by atoms with E-state index < -0.39 is 28.1 Å². The number of nitro groups is 1. The number of carbonyl (C=O) groups excluding carboxylic acids is 3. The smallest absolute Gasteiger partial charge is 0.281 e. The van der Waals surface area contributed by atoms with Crippen LogP contribution in [0.5, 0.6) is 0 Å². The third kappa shape index (κ3) is 2.99. The van der Waals surface area contributed by atoms with Crippen molar-refractivity contribution >= 4 is 34.6 Å². The fraction of sp³-hybridized carbons (Fsp3) is 0.500. The fourth-order valence-corrected chi connectivity index (χ4v) is 4.38. The Hall–Kier alpha value is -2.08. The zero-order chi connectivity index (χ0) is 18.3. The molecule has 0 spiro atoms. The summed E-state index contributed by atoms with van der Waals surface area (Å²) < 4.78 is 0. The Morgan fingerprint density at radius 2 is 1.88 bits per heavy atom. The summed E-state index contributed by atoms with van der Waals surface area (Å²) in [6.07, 6.45) is 3.36. The highest BCUT2D eigenvalue weighted by molar-refractivity contribution is 6.31. The number of fused-ring (bicyclic) bond motifs is 1. The van der Waals surface area contributed by atoms with Crippen LogP contribution in [0.1, 0.15) is 43.0 Å². The highest BCUT2D eigenvalue weighted by Crippen LogP contribution is 2.43. The number of hydrogen-bond donors (Lipinski definition) is 0. The van der Waals surface area contributed by atoms with Crippen molar-refractivity contribution in [3.8, 4) is 0 Å². The van der Waals surface area contributed by atoms with Gasteiger partial charge in [-0.25, -0.2) is 0 Å². The molecular formula is C18H18ClNO5. The first-order valence-corrected chi connectivity index (χ1v) is 8.76. The van der Waals surface area contributed by atoms with Crippen LogP contribution in [-0.4, -0.2) is 22.3 Å². The van der Waals surface area contributed by atoms with Crippen LogP contribution in [0.4, 0.5) is 5.69 Å². The maximum atomic E-state index is 12.9. The van der Waals surface area contributed by atoms with Gasteiger partial charge in [0.25, 0.3) is 5.69 Å². The van der Waals surface area contributed by atoms with Crippen LogP contribution in [0.3, 0.4) is 0 Å². The molecule has 7 heteroatoms. The predicted molar refractivity (Wildman–Crippen MR) is 90.6 cm³/mol. The minimum Gasteiger partial charge on any atom is -0.298 e. The molecule has 2 saturated carbocycles. The number of benzene rings is 1. The van der Waals surface area contributed by atoms with Crippen LogP contribution in [-0.2, 0) is 9.59 Å². The number of nitro benzene ring substituents is 1. The summed E-state index contributed by atoms with van der Waals surface area (Å²) in [4.78, 5) is 49.0. The van der Waals surface area contributed by atoms with Crippen LogP contribution < -0.4 is 0 Å². The van der Waals surface area contributed by atoms with E-state index in [1.807, 2.05) is 0 Å². The van der Waals surface area contributed by atoms with Crippen molar-refractivity contribution in [2.45, 2.75) is 32.6 Å².